The number of rotatable bonds is 14. The second-order valence-corrected chi connectivity index (χ2v) is 10.4. The van der Waals surface area contributed by atoms with E-state index in [2.05, 4.69) is 51.2 Å². The first-order valence-electron chi connectivity index (χ1n) is 12.7. The summed E-state index contributed by atoms with van der Waals surface area (Å²) in [6.45, 7) is 8.55. The van der Waals surface area contributed by atoms with Gasteiger partial charge in [0.05, 0.1) is 11.4 Å². The van der Waals surface area contributed by atoms with Crippen LogP contribution in [0.25, 0.3) is 0 Å². The number of carbonyl (C=O) groups is 2. The van der Waals surface area contributed by atoms with Crippen LogP contribution < -0.4 is 10.2 Å². The van der Waals surface area contributed by atoms with E-state index < -0.39 is 18.0 Å². The van der Waals surface area contributed by atoms with Gasteiger partial charge in [0.15, 0.2) is 0 Å². The molecule has 198 valence electrons. The summed E-state index contributed by atoms with van der Waals surface area (Å²) >= 11 is 1.50. The van der Waals surface area contributed by atoms with Gasteiger partial charge in [0, 0.05) is 11.5 Å². The largest absolute Gasteiger partial charge is 0.480 e. The molecule has 2 aromatic carbocycles. The number of hydrogen-bond acceptors (Lipinski definition) is 3. The number of thioether (sulfide) groups is 1. The standard InChI is InChI=1S/C31H40N2O3S/c1-24(2)13-11-14-25(3)15-12-16-26(4)21-22-37-23-29(30(34)35)32-31(36)33(27-17-7-5-8-18-27)28-19-9-6-10-20-28/h5-10,13,15,17-21,29H,11-12,14,16,22-23H2,1-4H3,(H,32,36)(H,34,35)/b25-15+,26-21+/t29-/m0/s1. The lowest BCUT2D eigenvalue weighted by Crippen LogP contribution is -2.47. The highest BCUT2D eigenvalue weighted by atomic mass is 32.2. The Kier molecular flexibility index (Phi) is 13.4. The number of carbonyl (C=O) groups excluding carboxylic acids is 1. The summed E-state index contributed by atoms with van der Waals surface area (Å²) < 4.78 is 0. The maximum atomic E-state index is 13.2. The topological polar surface area (TPSA) is 69.6 Å². The van der Waals surface area contributed by atoms with Crippen molar-refractivity contribution in [2.75, 3.05) is 16.4 Å². The van der Waals surface area contributed by atoms with Gasteiger partial charge in [-0.2, -0.15) is 11.8 Å². The Labute approximate surface area is 226 Å². The van der Waals surface area contributed by atoms with Gasteiger partial charge in [-0.3, -0.25) is 4.90 Å². The average Bonchev–Trinajstić information content (AvgIpc) is 2.87. The quantitative estimate of drug-likeness (QED) is 0.195. The van der Waals surface area contributed by atoms with Crippen molar-refractivity contribution in [3.05, 3.63) is 95.6 Å². The molecule has 0 aromatic heterocycles. The Bertz CT molecular complexity index is 1030. The number of benzene rings is 2. The first-order valence-corrected chi connectivity index (χ1v) is 13.9. The predicted octanol–water partition coefficient (Wildman–Crippen LogP) is 8.14. The fraction of sp³-hybridized carbons (Fsp3) is 0.355. The lowest BCUT2D eigenvalue weighted by Gasteiger charge is -2.25. The minimum atomic E-state index is -1.05. The molecular formula is C31H40N2O3S. The summed E-state index contributed by atoms with van der Waals surface area (Å²) in [5.74, 6) is -0.0575. The normalized spacial score (nSPS) is 12.5. The molecule has 0 fully saturated rings. The Morgan fingerprint density at radius 1 is 0.838 bits per heavy atom. The first kappa shape index (κ1) is 30.0. The van der Waals surface area contributed by atoms with Gasteiger partial charge in [0.2, 0.25) is 0 Å². The monoisotopic (exact) mass is 520 g/mol. The van der Waals surface area contributed by atoms with E-state index in [0.29, 0.717) is 17.1 Å². The van der Waals surface area contributed by atoms with Crippen LogP contribution in [0, 0.1) is 0 Å². The van der Waals surface area contributed by atoms with E-state index in [1.54, 1.807) is 0 Å². The number of nitrogens with zero attached hydrogens (tertiary/aromatic N) is 1. The van der Waals surface area contributed by atoms with E-state index in [1.807, 2.05) is 60.7 Å². The van der Waals surface area contributed by atoms with Crippen molar-refractivity contribution >= 4 is 35.1 Å². The number of anilines is 2. The highest BCUT2D eigenvalue weighted by molar-refractivity contribution is 7.99. The fourth-order valence-electron chi connectivity index (χ4n) is 3.65. The summed E-state index contributed by atoms with van der Waals surface area (Å²) in [4.78, 5) is 26.6. The van der Waals surface area contributed by atoms with Crippen LogP contribution in [0.4, 0.5) is 16.2 Å². The minimum absolute atomic E-state index is 0.283. The maximum Gasteiger partial charge on any atom is 0.327 e. The number of amides is 2. The van der Waals surface area contributed by atoms with Crippen molar-refractivity contribution in [3.63, 3.8) is 0 Å². The van der Waals surface area contributed by atoms with Crippen molar-refractivity contribution < 1.29 is 14.7 Å². The Morgan fingerprint density at radius 3 is 1.86 bits per heavy atom. The molecule has 5 nitrogen and oxygen atoms in total. The molecular weight excluding hydrogens is 480 g/mol. The summed E-state index contributed by atoms with van der Waals surface area (Å²) in [5, 5.41) is 12.4. The lowest BCUT2D eigenvalue weighted by molar-refractivity contribution is -0.138. The molecule has 0 saturated carbocycles. The maximum absolute atomic E-state index is 13.2. The number of para-hydroxylation sites is 2. The molecule has 0 aliphatic rings. The third-order valence-corrected chi connectivity index (χ3v) is 6.76. The van der Waals surface area contributed by atoms with E-state index in [0.717, 1.165) is 25.7 Å². The number of allylic oxidation sites excluding steroid dienone is 5. The zero-order valence-electron chi connectivity index (χ0n) is 22.4. The first-order chi connectivity index (χ1) is 17.8. The van der Waals surface area contributed by atoms with Gasteiger partial charge in [0.25, 0.3) is 0 Å². The third kappa shape index (κ3) is 11.6. The molecule has 0 spiro atoms. The van der Waals surface area contributed by atoms with Crippen LogP contribution in [0.5, 0.6) is 0 Å². The molecule has 0 unspecified atom stereocenters. The van der Waals surface area contributed by atoms with E-state index in [-0.39, 0.29) is 5.75 Å². The number of carboxylic acids is 1. The number of carboxylic acid groups (broad SMARTS) is 1. The Morgan fingerprint density at radius 2 is 1.35 bits per heavy atom. The van der Waals surface area contributed by atoms with Gasteiger partial charge >= 0.3 is 12.0 Å². The van der Waals surface area contributed by atoms with Crippen molar-refractivity contribution in [2.24, 2.45) is 0 Å². The zero-order valence-corrected chi connectivity index (χ0v) is 23.3. The van der Waals surface area contributed by atoms with E-state index >= 15 is 0 Å². The molecule has 2 N–H and O–H groups in total. The van der Waals surface area contributed by atoms with Gasteiger partial charge in [-0.25, -0.2) is 9.59 Å². The highest BCUT2D eigenvalue weighted by Gasteiger charge is 2.25. The second-order valence-electron chi connectivity index (χ2n) is 9.34. The summed E-state index contributed by atoms with van der Waals surface area (Å²) in [5.41, 5.74) is 5.40. The number of nitrogens with one attached hydrogen (secondary N) is 1. The van der Waals surface area contributed by atoms with Crippen molar-refractivity contribution in [1.82, 2.24) is 5.32 Å². The zero-order chi connectivity index (χ0) is 27.0. The lowest BCUT2D eigenvalue weighted by atomic mass is 10.1. The third-order valence-electron chi connectivity index (χ3n) is 5.78. The Hall–Kier alpha value is -3.25. The molecule has 2 rings (SSSR count). The molecule has 2 aromatic rings. The van der Waals surface area contributed by atoms with Crippen LogP contribution >= 0.6 is 11.8 Å². The number of hydrogen-bond donors (Lipinski definition) is 2. The van der Waals surface area contributed by atoms with Crippen LogP contribution in [0.1, 0.15) is 53.4 Å². The van der Waals surface area contributed by atoms with Crippen molar-refractivity contribution in [3.8, 4) is 0 Å². The van der Waals surface area contributed by atoms with Crippen LogP contribution in [-0.2, 0) is 4.79 Å². The summed E-state index contributed by atoms with van der Waals surface area (Å²) in [6.07, 6.45) is 10.9. The molecule has 0 heterocycles. The van der Waals surface area contributed by atoms with Crippen LogP contribution in [0.2, 0.25) is 0 Å². The van der Waals surface area contributed by atoms with Gasteiger partial charge in [-0.1, -0.05) is 71.3 Å². The minimum Gasteiger partial charge on any atom is -0.480 e. The average molecular weight is 521 g/mol. The number of urea groups is 1. The molecule has 1 atom stereocenters. The van der Waals surface area contributed by atoms with Crippen LogP contribution in [0.3, 0.4) is 0 Å². The smallest absolute Gasteiger partial charge is 0.327 e. The molecule has 37 heavy (non-hydrogen) atoms. The van der Waals surface area contributed by atoms with Crippen molar-refractivity contribution in [2.45, 2.75) is 59.4 Å². The van der Waals surface area contributed by atoms with Crippen molar-refractivity contribution in [1.29, 1.82) is 0 Å². The van der Waals surface area contributed by atoms with Crippen LogP contribution in [-0.4, -0.2) is 34.7 Å². The SMILES string of the molecule is CC(C)=CCC/C(C)=C/CC/C(C)=C/CSC[C@H](NC(=O)N(c1ccccc1)c1ccccc1)C(=O)O. The summed E-state index contributed by atoms with van der Waals surface area (Å²) in [7, 11) is 0. The van der Waals surface area contributed by atoms with Gasteiger partial charge in [-0.05, 0) is 77.6 Å². The highest BCUT2D eigenvalue weighted by Crippen LogP contribution is 2.25. The molecule has 2 amide bonds. The molecule has 6 heteroatoms. The molecule has 0 saturated heterocycles. The Balaban J connectivity index is 1.88. The summed E-state index contributed by atoms with van der Waals surface area (Å²) in [6, 6.07) is 17.0. The molecule has 0 aliphatic heterocycles. The van der Waals surface area contributed by atoms with Gasteiger partial charge in [0.1, 0.15) is 6.04 Å². The molecule has 0 bridgehead atoms. The molecule has 0 radical (unpaired) electrons. The van der Waals surface area contributed by atoms with Gasteiger partial charge < -0.3 is 10.4 Å². The second kappa shape index (κ2) is 16.5. The molecule has 0 aliphatic carbocycles. The predicted molar refractivity (Wildman–Crippen MR) is 158 cm³/mol. The van der Waals surface area contributed by atoms with Gasteiger partial charge in [-0.15, -0.1) is 0 Å². The van der Waals surface area contributed by atoms with E-state index in [1.165, 1.54) is 33.4 Å². The van der Waals surface area contributed by atoms with Crippen LogP contribution in [0.15, 0.2) is 95.6 Å². The fourth-order valence-corrected chi connectivity index (χ4v) is 4.65. The van der Waals surface area contributed by atoms with E-state index in [9.17, 15) is 14.7 Å². The van der Waals surface area contributed by atoms with E-state index in [4.69, 9.17) is 0 Å². The number of aliphatic carboxylic acids is 1.